The summed E-state index contributed by atoms with van der Waals surface area (Å²) >= 11 is 0. The Kier molecular flexibility index (Phi) is 3.68. The summed E-state index contributed by atoms with van der Waals surface area (Å²) in [5, 5.41) is 0.598. The van der Waals surface area contributed by atoms with Gasteiger partial charge in [0.15, 0.2) is 0 Å². The molecule has 1 aliphatic rings. The van der Waals surface area contributed by atoms with E-state index in [0.717, 1.165) is 19.3 Å². The molecule has 86 valence electrons. The molecule has 0 radical (unpaired) electrons. The van der Waals surface area contributed by atoms with Crippen LogP contribution in [0.1, 0.15) is 40.0 Å². The quantitative estimate of drug-likeness (QED) is 0.526. The van der Waals surface area contributed by atoms with Gasteiger partial charge >= 0.3 is 5.97 Å². The molecule has 0 heterocycles. The van der Waals surface area contributed by atoms with Crippen LogP contribution in [0.5, 0.6) is 0 Å². The molecule has 0 aliphatic heterocycles. The second-order valence-corrected chi connectivity index (χ2v) is 4.63. The summed E-state index contributed by atoms with van der Waals surface area (Å²) < 4.78 is 0. The maximum Gasteiger partial charge on any atom is 0.338 e. The van der Waals surface area contributed by atoms with Crippen molar-refractivity contribution in [2.45, 2.75) is 45.6 Å². The third-order valence-electron chi connectivity index (χ3n) is 2.07. The SMILES string of the molecule is CC(C)(C)ON(C=O)OC(=O)C1CCC1. The molecule has 15 heavy (non-hydrogen) atoms. The standard InChI is InChI=1S/C10H17NO4/c1-10(2,3)15-11(7-12)14-9(13)8-5-4-6-8/h7-8H,4-6H2,1-3H3. The lowest BCUT2D eigenvalue weighted by Gasteiger charge is -2.28. The van der Waals surface area contributed by atoms with Gasteiger partial charge in [-0.15, -0.1) is 0 Å². The highest BCUT2D eigenvalue weighted by atomic mass is 17.0. The third kappa shape index (κ3) is 3.87. The minimum absolute atomic E-state index is 0.0731. The minimum Gasteiger partial charge on any atom is -0.312 e. The molecule has 0 aromatic carbocycles. The molecular formula is C10H17NO4. The topological polar surface area (TPSA) is 55.8 Å². The van der Waals surface area contributed by atoms with Gasteiger partial charge in [-0.05, 0) is 38.8 Å². The number of carbonyl (C=O) groups is 2. The Labute approximate surface area is 89.2 Å². The van der Waals surface area contributed by atoms with Crippen LogP contribution in [0.25, 0.3) is 0 Å². The van der Waals surface area contributed by atoms with Crippen LogP contribution >= 0.6 is 0 Å². The van der Waals surface area contributed by atoms with E-state index >= 15 is 0 Å². The lowest BCUT2D eigenvalue weighted by atomic mass is 9.86. The van der Waals surface area contributed by atoms with Crippen LogP contribution in [0.4, 0.5) is 0 Å². The first kappa shape index (κ1) is 12.0. The zero-order chi connectivity index (χ0) is 11.5. The van der Waals surface area contributed by atoms with E-state index in [4.69, 9.17) is 9.68 Å². The molecule has 0 aromatic heterocycles. The van der Waals surface area contributed by atoms with E-state index in [-0.39, 0.29) is 5.92 Å². The van der Waals surface area contributed by atoms with Crippen molar-refractivity contribution in [2.75, 3.05) is 0 Å². The molecule has 0 unspecified atom stereocenters. The van der Waals surface area contributed by atoms with Gasteiger partial charge in [-0.3, -0.25) is 4.79 Å². The highest BCUT2D eigenvalue weighted by Crippen LogP contribution is 2.27. The van der Waals surface area contributed by atoms with Crippen LogP contribution in [0.15, 0.2) is 0 Å². The Morgan fingerprint density at radius 1 is 1.40 bits per heavy atom. The summed E-state index contributed by atoms with van der Waals surface area (Å²) in [6, 6.07) is 0. The Morgan fingerprint density at radius 2 is 2.00 bits per heavy atom. The van der Waals surface area contributed by atoms with Crippen LogP contribution in [0.2, 0.25) is 0 Å². The Balaban J connectivity index is 2.38. The van der Waals surface area contributed by atoms with Gasteiger partial charge in [0.05, 0.1) is 11.5 Å². The first-order valence-corrected chi connectivity index (χ1v) is 5.08. The van der Waals surface area contributed by atoms with Crippen LogP contribution in [0.3, 0.4) is 0 Å². The van der Waals surface area contributed by atoms with Crippen molar-refractivity contribution < 1.29 is 19.3 Å². The maximum absolute atomic E-state index is 11.4. The summed E-state index contributed by atoms with van der Waals surface area (Å²) in [6.07, 6.45) is 3.06. The van der Waals surface area contributed by atoms with Gasteiger partial charge in [0.1, 0.15) is 0 Å². The molecule has 1 rings (SSSR count). The van der Waals surface area contributed by atoms with E-state index in [1.54, 1.807) is 20.8 Å². The van der Waals surface area contributed by atoms with Crippen LogP contribution in [-0.4, -0.2) is 23.2 Å². The van der Waals surface area contributed by atoms with Gasteiger partial charge in [-0.2, -0.15) is 0 Å². The maximum atomic E-state index is 11.4. The lowest BCUT2D eigenvalue weighted by Crippen LogP contribution is -2.37. The first-order chi connectivity index (χ1) is 6.92. The van der Waals surface area contributed by atoms with E-state index in [9.17, 15) is 9.59 Å². The number of hydrogen-bond acceptors (Lipinski definition) is 4. The van der Waals surface area contributed by atoms with E-state index in [0.29, 0.717) is 11.6 Å². The Hall–Kier alpha value is -1.10. The average Bonchev–Trinajstić information content (AvgIpc) is 1.96. The minimum atomic E-state index is -0.569. The van der Waals surface area contributed by atoms with Crippen molar-refractivity contribution in [3.8, 4) is 0 Å². The molecule has 0 N–H and O–H groups in total. The second kappa shape index (κ2) is 4.61. The Bertz CT molecular complexity index is 242. The molecule has 5 nitrogen and oxygen atoms in total. The van der Waals surface area contributed by atoms with Crippen molar-refractivity contribution in [1.82, 2.24) is 5.23 Å². The molecule has 0 bridgehead atoms. The molecular weight excluding hydrogens is 198 g/mol. The first-order valence-electron chi connectivity index (χ1n) is 5.08. The van der Waals surface area contributed by atoms with Crippen molar-refractivity contribution in [3.63, 3.8) is 0 Å². The summed E-state index contributed by atoms with van der Waals surface area (Å²) in [6.45, 7) is 5.29. The Morgan fingerprint density at radius 3 is 2.33 bits per heavy atom. The molecule has 1 aliphatic carbocycles. The van der Waals surface area contributed by atoms with E-state index in [1.165, 1.54) is 0 Å². The summed E-state index contributed by atoms with van der Waals surface area (Å²) in [5.41, 5.74) is -0.569. The second-order valence-electron chi connectivity index (χ2n) is 4.63. The molecule has 0 spiro atoms. The van der Waals surface area contributed by atoms with Gasteiger partial charge in [0, 0.05) is 0 Å². The van der Waals surface area contributed by atoms with Crippen molar-refractivity contribution in [3.05, 3.63) is 0 Å². The molecule has 1 amide bonds. The lowest BCUT2D eigenvalue weighted by molar-refractivity contribution is -0.350. The fourth-order valence-corrected chi connectivity index (χ4v) is 1.14. The van der Waals surface area contributed by atoms with Crippen molar-refractivity contribution >= 4 is 12.4 Å². The normalized spacial score (nSPS) is 16.7. The molecule has 1 saturated carbocycles. The van der Waals surface area contributed by atoms with Crippen LogP contribution in [0, 0.1) is 5.92 Å². The highest BCUT2D eigenvalue weighted by Gasteiger charge is 2.29. The number of rotatable bonds is 4. The zero-order valence-corrected chi connectivity index (χ0v) is 9.36. The number of amides is 1. The fourth-order valence-electron chi connectivity index (χ4n) is 1.14. The molecule has 1 fully saturated rings. The van der Waals surface area contributed by atoms with E-state index in [2.05, 4.69) is 0 Å². The molecule has 0 aromatic rings. The molecule has 5 heteroatoms. The molecule has 0 atom stereocenters. The zero-order valence-electron chi connectivity index (χ0n) is 9.36. The van der Waals surface area contributed by atoms with Gasteiger partial charge < -0.3 is 4.84 Å². The number of hydroxylamine groups is 2. The number of carbonyl (C=O) groups excluding carboxylic acids is 2. The summed E-state index contributed by atoms with van der Waals surface area (Å²) in [4.78, 5) is 31.8. The predicted octanol–water partition coefficient (Wildman–Crippen LogP) is 1.43. The molecule has 0 saturated heterocycles. The van der Waals surface area contributed by atoms with Gasteiger partial charge in [0.25, 0.3) is 6.41 Å². The van der Waals surface area contributed by atoms with E-state index < -0.39 is 11.6 Å². The van der Waals surface area contributed by atoms with Gasteiger partial charge in [0.2, 0.25) is 0 Å². The smallest absolute Gasteiger partial charge is 0.312 e. The van der Waals surface area contributed by atoms with E-state index in [1.807, 2.05) is 0 Å². The fraction of sp³-hybridized carbons (Fsp3) is 0.800. The average molecular weight is 215 g/mol. The van der Waals surface area contributed by atoms with Crippen molar-refractivity contribution in [2.24, 2.45) is 5.92 Å². The monoisotopic (exact) mass is 215 g/mol. The predicted molar refractivity (Wildman–Crippen MR) is 52.2 cm³/mol. The number of hydrogen-bond donors (Lipinski definition) is 0. The largest absolute Gasteiger partial charge is 0.338 e. The number of nitrogens with zero attached hydrogens (tertiary/aromatic N) is 1. The third-order valence-corrected chi connectivity index (χ3v) is 2.07. The van der Waals surface area contributed by atoms with Gasteiger partial charge in [-0.1, -0.05) is 6.42 Å². The van der Waals surface area contributed by atoms with Crippen LogP contribution < -0.4 is 0 Å². The summed E-state index contributed by atoms with van der Waals surface area (Å²) in [7, 11) is 0. The highest BCUT2D eigenvalue weighted by molar-refractivity contribution is 5.73. The summed E-state index contributed by atoms with van der Waals surface area (Å²) in [5.74, 6) is -0.464. The van der Waals surface area contributed by atoms with Crippen LogP contribution in [-0.2, 0) is 19.3 Å². The van der Waals surface area contributed by atoms with Gasteiger partial charge in [-0.25, -0.2) is 9.63 Å². The van der Waals surface area contributed by atoms with Crippen molar-refractivity contribution in [1.29, 1.82) is 0 Å².